The third-order valence-corrected chi connectivity index (χ3v) is 6.37. The highest BCUT2D eigenvalue weighted by Crippen LogP contribution is 2.31. The SMILES string of the molecule is CCCN(SC)c1ccc(C(=O)Nc2ccc(C)c(-c3nccc4ccccc34)c2)cc1F. The molecule has 1 amide bonds. The van der Waals surface area contributed by atoms with Crippen molar-refractivity contribution in [1.29, 1.82) is 0 Å². The number of aromatic nitrogens is 1. The minimum Gasteiger partial charge on any atom is -0.322 e. The summed E-state index contributed by atoms with van der Waals surface area (Å²) in [7, 11) is 0. The van der Waals surface area contributed by atoms with Crippen LogP contribution >= 0.6 is 11.9 Å². The zero-order chi connectivity index (χ0) is 23.4. The van der Waals surface area contributed by atoms with E-state index in [0.717, 1.165) is 40.6 Å². The number of benzene rings is 3. The minimum atomic E-state index is -0.407. The Bertz CT molecular complexity index is 1300. The molecule has 0 aliphatic rings. The van der Waals surface area contributed by atoms with Crippen molar-refractivity contribution in [3.63, 3.8) is 0 Å². The van der Waals surface area contributed by atoms with E-state index in [1.807, 2.05) is 66.9 Å². The molecule has 0 atom stereocenters. The van der Waals surface area contributed by atoms with Gasteiger partial charge in [0, 0.05) is 41.2 Å². The highest BCUT2D eigenvalue weighted by atomic mass is 32.2. The average Bonchev–Trinajstić information content (AvgIpc) is 2.83. The van der Waals surface area contributed by atoms with Gasteiger partial charge in [-0.25, -0.2) is 4.39 Å². The van der Waals surface area contributed by atoms with E-state index < -0.39 is 5.82 Å². The Labute approximate surface area is 198 Å². The van der Waals surface area contributed by atoms with Crippen molar-refractivity contribution in [3.8, 4) is 11.3 Å². The number of halogens is 1. The smallest absolute Gasteiger partial charge is 0.255 e. The van der Waals surface area contributed by atoms with Gasteiger partial charge in [-0.05, 0) is 60.7 Å². The van der Waals surface area contributed by atoms with Gasteiger partial charge in [0.25, 0.3) is 5.91 Å². The standard InChI is InChI=1S/C27H26FN3OS/c1-4-15-31(33-3)25-12-10-20(16-24(25)28)27(32)30-21-11-9-18(2)23(17-21)26-22-8-6-5-7-19(22)13-14-29-26/h5-14,16-17H,4,15H2,1-3H3,(H,30,32). The van der Waals surface area contributed by atoms with Crippen LogP contribution in [0.25, 0.3) is 22.0 Å². The molecule has 6 heteroatoms. The number of rotatable bonds is 7. The summed E-state index contributed by atoms with van der Waals surface area (Å²) in [6.45, 7) is 4.80. The van der Waals surface area contributed by atoms with Crippen LogP contribution in [0.3, 0.4) is 0 Å². The third-order valence-electron chi connectivity index (χ3n) is 5.55. The first-order valence-electron chi connectivity index (χ1n) is 10.9. The predicted octanol–water partition coefficient (Wildman–Crippen LogP) is 7.10. The summed E-state index contributed by atoms with van der Waals surface area (Å²) in [5.74, 6) is -0.762. The minimum absolute atomic E-state index is 0.277. The maximum Gasteiger partial charge on any atom is 0.255 e. The van der Waals surface area contributed by atoms with Crippen LogP contribution in [0.1, 0.15) is 29.3 Å². The van der Waals surface area contributed by atoms with E-state index in [2.05, 4.69) is 16.4 Å². The number of amides is 1. The highest BCUT2D eigenvalue weighted by molar-refractivity contribution is 7.99. The molecule has 33 heavy (non-hydrogen) atoms. The molecule has 0 saturated heterocycles. The van der Waals surface area contributed by atoms with Gasteiger partial charge in [-0.2, -0.15) is 0 Å². The number of aryl methyl sites for hydroxylation is 1. The van der Waals surface area contributed by atoms with Crippen LogP contribution < -0.4 is 9.62 Å². The summed E-state index contributed by atoms with van der Waals surface area (Å²) in [4.78, 5) is 17.5. The van der Waals surface area contributed by atoms with Gasteiger partial charge in [-0.15, -0.1) is 0 Å². The Morgan fingerprint density at radius 3 is 2.67 bits per heavy atom. The topological polar surface area (TPSA) is 45.2 Å². The van der Waals surface area contributed by atoms with Crippen LogP contribution in [-0.2, 0) is 0 Å². The van der Waals surface area contributed by atoms with E-state index in [4.69, 9.17) is 0 Å². The van der Waals surface area contributed by atoms with E-state index in [0.29, 0.717) is 11.4 Å². The number of anilines is 2. The second kappa shape index (κ2) is 10.0. The fraction of sp³-hybridized carbons (Fsp3) is 0.185. The van der Waals surface area contributed by atoms with Crippen LogP contribution in [0.2, 0.25) is 0 Å². The first kappa shape index (κ1) is 22.8. The van der Waals surface area contributed by atoms with Gasteiger partial charge < -0.3 is 9.62 Å². The second-order valence-electron chi connectivity index (χ2n) is 7.82. The van der Waals surface area contributed by atoms with Gasteiger partial charge in [0.05, 0.1) is 11.4 Å². The number of hydrogen-bond donors (Lipinski definition) is 1. The number of pyridine rings is 1. The molecule has 4 aromatic rings. The van der Waals surface area contributed by atoms with E-state index >= 15 is 0 Å². The Morgan fingerprint density at radius 2 is 1.91 bits per heavy atom. The Kier molecular flexibility index (Phi) is 6.94. The van der Waals surface area contributed by atoms with Crippen molar-refractivity contribution in [1.82, 2.24) is 4.98 Å². The first-order chi connectivity index (χ1) is 16.0. The van der Waals surface area contributed by atoms with Crippen molar-refractivity contribution >= 4 is 40.0 Å². The van der Waals surface area contributed by atoms with Crippen molar-refractivity contribution in [3.05, 3.63) is 89.9 Å². The summed E-state index contributed by atoms with van der Waals surface area (Å²) in [5.41, 5.74) is 4.27. The molecule has 4 rings (SSSR count). The lowest BCUT2D eigenvalue weighted by Gasteiger charge is -2.21. The van der Waals surface area contributed by atoms with Gasteiger partial charge in [-0.1, -0.05) is 49.2 Å². The van der Waals surface area contributed by atoms with Gasteiger partial charge >= 0.3 is 0 Å². The second-order valence-corrected chi connectivity index (χ2v) is 8.62. The zero-order valence-electron chi connectivity index (χ0n) is 18.9. The molecule has 0 saturated carbocycles. The molecule has 0 fully saturated rings. The molecular weight excluding hydrogens is 433 g/mol. The number of carbonyl (C=O) groups is 1. The summed E-state index contributed by atoms with van der Waals surface area (Å²) in [5, 5.41) is 5.06. The van der Waals surface area contributed by atoms with Crippen molar-refractivity contribution in [2.45, 2.75) is 20.3 Å². The van der Waals surface area contributed by atoms with E-state index in [1.54, 1.807) is 18.3 Å². The highest BCUT2D eigenvalue weighted by Gasteiger charge is 2.15. The molecule has 0 aliphatic heterocycles. The van der Waals surface area contributed by atoms with Crippen molar-refractivity contribution < 1.29 is 9.18 Å². The van der Waals surface area contributed by atoms with Crippen LogP contribution in [0.4, 0.5) is 15.8 Å². The molecule has 3 aromatic carbocycles. The van der Waals surface area contributed by atoms with E-state index in [1.165, 1.54) is 18.0 Å². The normalized spacial score (nSPS) is 10.9. The number of nitrogens with one attached hydrogen (secondary N) is 1. The summed E-state index contributed by atoms with van der Waals surface area (Å²) < 4.78 is 16.6. The quantitative estimate of drug-likeness (QED) is 0.300. The fourth-order valence-electron chi connectivity index (χ4n) is 3.86. The van der Waals surface area contributed by atoms with Gasteiger partial charge in [-0.3, -0.25) is 9.78 Å². The molecule has 0 radical (unpaired) electrons. The molecule has 0 bridgehead atoms. The van der Waals surface area contributed by atoms with Crippen molar-refractivity contribution in [2.75, 3.05) is 22.4 Å². The van der Waals surface area contributed by atoms with Crippen LogP contribution in [-0.4, -0.2) is 23.7 Å². The molecule has 1 N–H and O–H groups in total. The molecule has 1 heterocycles. The molecule has 1 aromatic heterocycles. The number of nitrogens with zero attached hydrogens (tertiary/aromatic N) is 2. The number of hydrogen-bond acceptors (Lipinski definition) is 4. The van der Waals surface area contributed by atoms with E-state index in [9.17, 15) is 9.18 Å². The fourth-order valence-corrected chi connectivity index (χ4v) is 4.57. The van der Waals surface area contributed by atoms with Crippen LogP contribution in [0.15, 0.2) is 72.9 Å². The molecule has 0 spiro atoms. The molecule has 0 unspecified atom stereocenters. The van der Waals surface area contributed by atoms with Gasteiger partial charge in [0.15, 0.2) is 0 Å². The number of fused-ring (bicyclic) bond motifs is 1. The maximum absolute atomic E-state index is 14.8. The van der Waals surface area contributed by atoms with Gasteiger partial charge in [0.1, 0.15) is 5.82 Å². The molecule has 4 nitrogen and oxygen atoms in total. The van der Waals surface area contributed by atoms with Crippen LogP contribution in [0.5, 0.6) is 0 Å². The molecule has 0 aliphatic carbocycles. The lowest BCUT2D eigenvalue weighted by atomic mass is 9.99. The zero-order valence-corrected chi connectivity index (χ0v) is 19.7. The Balaban J connectivity index is 1.61. The summed E-state index contributed by atoms with van der Waals surface area (Å²) >= 11 is 1.47. The van der Waals surface area contributed by atoms with Crippen LogP contribution in [0, 0.1) is 12.7 Å². The van der Waals surface area contributed by atoms with E-state index in [-0.39, 0.29) is 11.5 Å². The summed E-state index contributed by atoms with van der Waals surface area (Å²) in [6.07, 6.45) is 4.61. The lowest BCUT2D eigenvalue weighted by Crippen LogP contribution is -2.17. The molecule has 168 valence electrons. The molecular formula is C27H26FN3OS. The predicted molar refractivity (Wildman–Crippen MR) is 137 cm³/mol. The Morgan fingerprint density at radius 1 is 1.09 bits per heavy atom. The largest absolute Gasteiger partial charge is 0.322 e. The maximum atomic E-state index is 14.8. The average molecular weight is 460 g/mol. The monoisotopic (exact) mass is 459 g/mol. The Hall–Kier alpha value is -3.38. The van der Waals surface area contributed by atoms with Crippen molar-refractivity contribution in [2.24, 2.45) is 0 Å². The van der Waals surface area contributed by atoms with Gasteiger partial charge in [0.2, 0.25) is 0 Å². The third kappa shape index (κ3) is 4.86. The number of carbonyl (C=O) groups excluding carboxylic acids is 1. The lowest BCUT2D eigenvalue weighted by molar-refractivity contribution is 0.102. The summed E-state index contributed by atoms with van der Waals surface area (Å²) in [6, 6.07) is 20.4. The first-order valence-corrected chi connectivity index (χ1v) is 12.1.